The molecule has 0 aliphatic carbocycles. The number of hydrazone groups is 1. The van der Waals surface area contributed by atoms with Crippen LogP contribution in [0.25, 0.3) is 0 Å². The van der Waals surface area contributed by atoms with Crippen molar-refractivity contribution in [3.63, 3.8) is 0 Å². The van der Waals surface area contributed by atoms with Gasteiger partial charge in [-0.3, -0.25) is 0 Å². The van der Waals surface area contributed by atoms with Crippen LogP contribution in [-0.4, -0.2) is 47.1 Å². The number of benzene rings is 1. The zero-order valence-corrected chi connectivity index (χ0v) is 12.4. The summed E-state index contributed by atoms with van der Waals surface area (Å²) in [6.07, 6.45) is 1.72. The summed E-state index contributed by atoms with van der Waals surface area (Å²) in [7, 11) is 0. The Labute approximate surface area is 132 Å². The van der Waals surface area contributed by atoms with Gasteiger partial charge in [-0.25, -0.2) is 4.68 Å². The fraction of sp³-hybridized carbons (Fsp3) is 0.182. The van der Waals surface area contributed by atoms with E-state index in [1.165, 1.54) is 11.8 Å². The highest BCUT2D eigenvalue weighted by Gasteiger charge is 2.41. The third kappa shape index (κ3) is 2.38. The number of aromatic nitrogens is 3. The lowest BCUT2D eigenvalue weighted by molar-refractivity contribution is -0.355. The number of nitrogens with zero attached hydrogens (tertiary/aromatic N) is 5. The van der Waals surface area contributed by atoms with Crippen LogP contribution in [0.5, 0.6) is 17.2 Å². The van der Waals surface area contributed by atoms with E-state index in [9.17, 15) is 25.4 Å². The van der Waals surface area contributed by atoms with Crippen molar-refractivity contribution in [2.75, 3.05) is 11.7 Å². The second-order valence-electron chi connectivity index (χ2n) is 4.51. The summed E-state index contributed by atoms with van der Waals surface area (Å²) < 4.78 is 1.14. The van der Waals surface area contributed by atoms with Crippen molar-refractivity contribution in [3.8, 4) is 17.2 Å². The largest absolute Gasteiger partial charge is 0.508 e. The van der Waals surface area contributed by atoms with E-state index in [1.807, 2.05) is 0 Å². The molecule has 0 saturated heterocycles. The molecular weight excluding hydrogens is 328 g/mol. The standard InChI is InChI=1S/C11H10N6O5S/c1-23-11-12-10-14-13-9(17(21)22)8(16(10)15-11)7-5(19)2-4(18)3-6(7)20/h2-3,8,18-20H,1H3,(H,12,14,15). The number of hydrogen-bond donors (Lipinski definition) is 4. The van der Waals surface area contributed by atoms with Crippen molar-refractivity contribution < 1.29 is 20.2 Å². The van der Waals surface area contributed by atoms with Gasteiger partial charge < -0.3 is 25.4 Å². The number of aromatic hydroxyl groups is 3. The SMILES string of the molecule is CSc1nc2n(n1)C(c1c(O)cc(O)cc1O)C([N+](=O)[O-])=NN2. The molecule has 0 fully saturated rings. The van der Waals surface area contributed by atoms with Gasteiger partial charge in [0.2, 0.25) is 5.16 Å². The Hall–Kier alpha value is -3.02. The second kappa shape index (κ2) is 5.31. The van der Waals surface area contributed by atoms with E-state index < -0.39 is 28.3 Å². The highest BCUT2D eigenvalue weighted by Crippen LogP contribution is 2.40. The summed E-state index contributed by atoms with van der Waals surface area (Å²) in [4.78, 5) is 14.6. The first-order valence-corrected chi connectivity index (χ1v) is 7.38. The normalized spacial score (nSPS) is 16.4. The fourth-order valence-electron chi connectivity index (χ4n) is 2.20. The molecular formula is C11H10N6O5S. The van der Waals surface area contributed by atoms with Crippen LogP contribution in [0.2, 0.25) is 0 Å². The molecule has 12 heteroatoms. The Morgan fingerprint density at radius 3 is 2.57 bits per heavy atom. The van der Waals surface area contributed by atoms with Crippen molar-refractivity contribution >= 4 is 23.5 Å². The Morgan fingerprint density at radius 1 is 1.35 bits per heavy atom. The van der Waals surface area contributed by atoms with Crippen molar-refractivity contribution in [1.29, 1.82) is 0 Å². The van der Waals surface area contributed by atoms with E-state index in [1.54, 1.807) is 6.26 Å². The van der Waals surface area contributed by atoms with E-state index in [4.69, 9.17) is 0 Å². The molecule has 120 valence electrons. The smallest absolute Gasteiger partial charge is 0.393 e. The summed E-state index contributed by atoms with van der Waals surface area (Å²) in [5, 5.41) is 48.8. The maximum Gasteiger partial charge on any atom is 0.393 e. The highest BCUT2D eigenvalue weighted by atomic mass is 32.2. The number of rotatable bonds is 2. The van der Waals surface area contributed by atoms with Crippen molar-refractivity contribution in [2.24, 2.45) is 5.10 Å². The van der Waals surface area contributed by atoms with Gasteiger partial charge in [0.05, 0.1) is 10.7 Å². The molecule has 0 spiro atoms. The van der Waals surface area contributed by atoms with E-state index in [0.717, 1.165) is 16.8 Å². The molecule has 1 aliphatic rings. The molecule has 1 atom stereocenters. The number of thioether (sulfide) groups is 1. The molecule has 1 aromatic carbocycles. The lowest BCUT2D eigenvalue weighted by Gasteiger charge is -2.20. The number of amidine groups is 1. The molecule has 0 bridgehead atoms. The van der Waals surface area contributed by atoms with Crippen LogP contribution in [0.15, 0.2) is 22.4 Å². The molecule has 0 radical (unpaired) electrons. The summed E-state index contributed by atoms with van der Waals surface area (Å²) in [6.45, 7) is 0. The van der Waals surface area contributed by atoms with Gasteiger partial charge in [-0.1, -0.05) is 11.8 Å². The van der Waals surface area contributed by atoms with Crippen LogP contribution in [0.1, 0.15) is 11.6 Å². The topological polar surface area (TPSA) is 159 Å². The van der Waals surface area contributed by atoms with Gasteiger partial charge >= 0.3 is 5.84 Å². The average Bonchev–Trinajstić information content (AvgIpc) is 2.89. The molecule has 1 aliphatic heterocycles. The van der Waals surface area contributed by atoms with Crippen LogP contribution in [0.4, 0.5) is 5.95 Å². The Balaban J connectivity index is 2.24. The molecule has 3 rings (SSSR count). The third-order valence-corrected chi connectivity index (χ3v) is 3.67. The molecule has 4 N–H and O–H groups in total. The third-order valence-electron chi connectivity index (χ3n) is 3.14. The van der Waals surface area contributed by atoms with Gasteiger partial charge in [0, 0.05) is 12.1 Å². The summed E-state index contributed by atoms with van der Waals surface area (Å²) in [5.74, 6) is -1.92. The number of hydrogen-bond acceptors (Lipinski definition) is 10. The number of nitrogens with one attached hydrogen (secondary N) is 1. The van der Waals surface area contributed by atoms with E-state index in [-0.39, 0.29) is 17.3 Å². The summed E-state index contributed by atoms with van der Waals surface area (Å²) in [6, 6.07) is 0.608. The molecule has 0 amide bonds. The predicted octanol–water partition coefficient (Wildman–Crippen LogP) is 0.722. The molecule has 2 heterocycles. The Bertz CT molecular complexity index is 811. The van der Waals surface area contributed by atoms with Crippen LogP contribution >= 0.6 is 11.8 Å². The second-order valence-corrected chi connectivity index (χ2v) is 5.28. The number of nitro groups is 1. The van der Waals surface area contributed by atoms with Crippen LogP contribution in [0, 0.1) is 10.1 Å². The van der Waals surface area contributed by atoms with Gasteiger partial charge in [0.15, 0.2) is 6.04 Å². The molecule has 23 heavy (non-hydrogen) atoms. The Morgan fingerprint density at radius 2 is 2.00 bits per heavy atom. The molecule has 1 aromatic heterocycles. The van der Waals surface area contributed by atoms with Crippen LogP contribution in [-0.2, 0) is 0 Å². The van der Waals surface area contributed by atoms with E-state index in [0.29, 0.717) is 5.16 Å². The zero-order chi connectivity index (χ0) is 16.7. The number of fused-ring (bicyclic) bond motifs is 1. The zero-order valence-electron chi connectivity index (χ0n) is 11.5. The summed E-state index contributed by atoms with van der Waals surface area (Å²) in [5.41, 5.74) is 2.20. The fourth-order valence-corrected chi connectivity index (χ4v) is 2.55. The minimum atomic E-state index is -1.31. The highest BCUT2D eigenvalue weighted by molar-refractivity contribution is 7.98. The minimum absolute atomic E-state index is 0.122. The molecule has 0 saturated carbocycles. The summed E-state index contributed by atoms with van der Waals surface area (Å²) >= 11 is 1.21. The number of phenols is 3. The maximum atomic E-state index is 11.3. The molecule has 1 unspecified atom stereocenters. The quantitative estimate of drug-likeness (QED) is 0.351. The molecule has 2 aromatic rings. The monoisotopic (exact) mass is 338 g/mol. The molecule has 11 nitrogen and oxygen atoms in total. The number of phenolic OH excluding ortho intramolecular Hbond substituents is 3. The van der Waals surface area contributed by atoms with Crippen molar-refractivity contribution in [2.45, 2.75) is 11.2 Å². The maximum absolute atomic E-state index is 11.3. The van der Waals surface area contributed by atoms with Gasteiger partial charge in [-0.2, -0.15) is 4.98 Å². The lowest BCUT2D eigenvalue weighted by Crippen LogP contribution is -2.33. The lowest BCUT2D eigenvalue weighted by atomic mass is 10.0. The van der Waals surface area contributed by atoms with Gasteiger partial charge in [0.1, 0.15) is 17.2 Å². The van der Waals surface area contributed by atoms with Gasteiger partial charge in [-0.05, 0) is 11.2 Å². The predicted molar refractivity (Wildman–Crippen MR) is 79.4 cm³/mol. The van der Waals surface area contributed by atoms with Crippen molar-refractivity contribution in [3.05, 3.63) is 27.8 Å². The van der Waals surface area contributed by atoms with E-state index >= 15 is 0 Å². The van der Waals surface area contributed by atoms with Crippen LogP contribution in [0.3, 0.4) is 0 Å². The van der Waals surface area contributed by atoms with Crippen molar-refractivity contribution in [1.82, 2.24) is 14.8 Å². The first-order valence-electron chi connectivity index (χ1n) is 6.15. The first kappa shape index (κ1) is 14.9. The van der Waals surface area contributed by atoms with Crippen LogP contribution < -0.4 is 5.43 Å². The average molecular weight is 338 g/mol. The number of anilines is 1. The van der Waals surface area contributed by atoms with Gasteiger partial charge in [-0.15, -0.1) is 10.5 Å². The Kier molecular flexibility index (Phi) is 3.44. The van der Waals surface area contributed by atoms with E-state index in [2.05, 4.69) is 20.6 Å². The van der Waals surface area contributed by atoms with Gasteiger partial charge in [0.25, 0.3) is 5.95 Å². The first-order chi connectivity index (χ1) is 10.9. The minimum Gasteiger partial charge on any atom is -0.508 e.